The van der Waals surface area contributed by atoms with Gasteiger partial charge in [-0.2, -0.15) is 15.1 Å². The van der Waals surface area contributed by atoms with Gasteiger partial charge in [0.2, 0.25) is 5.17 Å². The zero-order valence-corrected chi connectivity index (χ0v) is 23.6. The number of rotatable bonds is 6. The number of nitrogens with one attached hydrogen (secondary N) is 1. The van der Waals surface area contributed by atoms with E-state index in [2.05, 4.69) is 15.6 Å². The summed E-state index contributed by atoms with van der Waals surface area (Å²) in [5.41, 5.74) is 4.18. The van der Waals surface area contributed by atoms with E-state index >= 15 is 0 Å². The predicted molar refractivity (Wildman–Crippen MR) is 160 cm³/mol. The third-order valence-electron chi connectivity index (χ3n) is 7.71. The quantitative estimate of drug-likeness (QED) is 0.324. The molecule has 200 valence electrons. The van der Waals surface area contributed by atoms with Crippen LogP contribution in [0.4, 0.5) is 0 Å². The van der Waals surface area contributed by atoms with Crippen LogP contribution in [-0.4, -0.2) is 38.1 Å². The first kappa shape index (κ1) is 25.9. The molecule has 1 saturated carbocycles. The number of carbonyl (C=O) groups excluding carboxylic acids is 1. The Bertz CT molecular complexity index is 1580. The third kappa shape index (κ3) is 4.92. The van der Waals surface area contributed by atoms with Gasteiger partial charge in [0.1, 0.15) is 17.4 Å². The molecule has 7 nitrogen and oxygen atoms in total. The average Bonchev–Trinajstić information content (AvgIpc) is 3.48. The van der Waals surface area contributed by atoms with Crippen molar-refractivity contribution in [2.75, 3.05) is 6.61 Å². The van der Waals surface area contributed by atoms with E-state index in [1.165, 1.54) is 36.0 Å². The molecule has 3 aromatic rings. The van der Waals surface area contributed by atoms with E-state index in [4.69, 9.17) is 26.8 Å². The Morgan fingerprint density at radius 3 is 2.74 bits per heavy atom. The van der Waals surface area contributed by atoms with Gasteiger partial charge in [0.05, 0.1) is 12.1 Å². The van der Waals surface area contributed by atoms with E-state index in [0.29, 0.717) is 24.2 Å². The van der Waals surface area contributed by atoms with Gasteiger partial charge in [0, 0.05) is 33.1 Å². The summed E-state index contributed by atoms with van der Waals surface area (Å²) in [6.45, 7) is 5.10. The van der Waals surface area contributed by atoms with Gasteiger partial charge in [-0.15, -0.1) is 0 Å². The van der Waals surface area contributed by atoms with Crippen LogP contribution in [0.3, 0.4) is 0 Å². The Morgan fingerprint density at radius 2 is 1.95 bits per heavy atom. The number of aromatic nitrogens is 1. The maximum atomic E-state index is 13.1. The topological polar surface area (TPSA) is 83.0 Å². The number of para-hydroxylation sites is 1. The standard InChI is InChI=1S/C30H30ClN5O2S/c1-18-16-21(12-13-25(18)31)38-15-14-35-19(2)23(22-10-6-7-11-26(22)35)17-24-27(32)36-30(33-28(24)37)39-29(34-36)20-8-4-3-5-9-20/h6-7,10-13,16-17,20,32H,3-5,8-9,14-15H2,1-2H3/b24-17-,32-27?. The van der Waals surface area contributed by atoms with Crippen LogP contribution < -0.4 is 4.74 Å². The minimum atomic E-state index is -0.392. The minimum absolute atomic E-state index is 0.0842. The number of carbonyl (C=O) groups is 1. The lowest BCUT2D eigenvalue weighted by Gasteiger charge is -2.20. The molecule has 0 saturated heterocycles. The number of fused-ring (bicyclic) bond motifs is 2. The smallest absolute Gasteiger partial charge is 0.283 e. The highest BCUT2D eigenvalue weighted by Gasteiger charge is 2.38. The summed E-state index contributed by atoms with van der Waals surface area (Å²) in [6.07, 6.45) is 7.69. The van der Waals surface area contributed by atoms with Gasteiger partial charge in [0.15, 0.2) is 5.84 Å². The first-order valence-corrected chi connectivity index (χ1v) is 14.6. The van der Waals surface area contributed by atoms with Gasteiger partial charge in [0.25, 0.3) is 5.91 Å². The number of aryl methyl sites for hydroxylation is 1. The van der Waals surface area contributed by atoms with Crippen molar-refractivity contribution in [3.05, 3.63) is 69.9 Å². The Morgan fingerprint density at radius 1 is 1.15 bits per heavy atom. The van der Waals surface area contributed by atoms with Crippen molar-refractivity contribution in [1.29, 1.82) is 5.41 Å². The summed E-state index contributed by atoms with van der Waals surface area (Å²) in [5, 5.41) is 18.4. The normalized spacial score (nSPS) is 19.1. The highest BCUT2D eigenvalue weighted by Crippen LogP contribution is 2.37. The van der Waals surface area contributed by atoms with Crippen LogP contribution in [0, 0.1) is 25.2 Å². The number of amides is 1. The maximum absolute atomic E-state index is 13.1. The Hall–Kier alpha value is -3.36. The molecule has 9 heteroatoms. The van der Waals surface area contributed by atoms with Crippen molar-refractivity contribution in [3.63, 3.8) is 0 Å². The lowest BCUT2D eigenvalue weighted by molar-refractivity contribution is -0.114. The Labute approximate surface area is 237 Å². The molecule has 1 fully saturated rings. The van der Waals surface area contributed by atoms with Crippen LogP contribution in [-0.2, 0) is 11.3 Å². The fourth-order valence-electron chi connectivity index (χ4n) is 5.56. The molecule has 1 aromatic heterocycles. The first-order chi connectivity index (χ1) is 18.9. The molecule has 2 aliphatic heterocycles. The number of amidine groups is 2. The summed E-state index contributed by atoms with van der Waals surface area (Å²) in [5.74, 6) is 0.865. The van der Waals surface area contributed by atoms with Gasteiger partial charge in [-0.05, 0) is 74.4 Å². The van der Waals surface area contributed by atoms with E-state index < -0.39 is 5.91 Å². The zero-order chi connectivity index (χ0) is 27.1. The highest BCUT2D eigenvalue weighted by molar-refractivity contribution is 8.27. The van der Waals surface area contributed by atoms with Crippen molar-refractivity contribution in [2.45, 2.75) is 52.5 Å². The predicted octanol–water partition coefficient (Wildman–Crippen LogP) is 7.19. The van der Waals surface area contributed by atoms with Crippen molar-refractivity contribution in [1.82, 2.24) is 9.58 Å². The number of aliphatic imine (C=N–C) groups is 1. The van der Waals surface area contributed by atoms with Gasteiger partial charge in [-0.1, -0.05) is 49.1 Å². The molecular formula is C30H30ClN5O2S. The van der Waals surface area contributed by atoms with E-state index in [1.54, 1.807) is 6.08 Å². The molecule has 0 bridgehead atoms. The number of hydrogen-bond acceptors (Lipinski definition) is 5. The van der Waals surface area contributed by atoms with Crippen LogP contribution in [0.2, 0.25) is 5.02 Å². The van der Waals surface area contributed by atoms with Crippen molar-refractivity contribution < 1.29 is 9.53 Å². The number of benzene rings is 2. The number of nitrogens with zero attached hydrogens (tertiary/aromatic N) is 4. The summed E-state index contributed by atoms with van der Waals surface area (Å²) in [7, 11) is 0. The lowest BCUT2D eigenvalue weighted by atomic mass is 9.90. The number of ether oxygens (including phenoxy) is 1. The van der Waals surface area contributed by atoms with Crippen LogP contribution >= 0.6 is 23.4 Å². The molecule has 1 aliphatic carbocycles. The second-order valence-electron chi connectivity index (χ2n) is 10.2. The first-order valence-electron chi connectivity index (χ1n) is 13.4. The summed E-state index contributed by atoms with van der Waals surface area (Å²) < 4.78 is 8.22. The molecule has 1 N–H and O–H groups in total. The molecule has 3 heterocycles. The van der Waals surface area contributed by atoms with E-state index in [1.807, 2.05) is 50.2 Å². The van der Waals surface area contributed by atoms with Crippen molar-refractivity contribution in [3.8, 4) is 5.75 Å². The molecule has 0 radical (unpaired) electrons. The van der Waals surface area contributed by atoms with E-state index in [-0.39, 0.29) is 11.4 Å². The van der Waals surface area contributed by atoms with Crippen LogP contribution in [0.1, 0.15) is 48.9 Å². The van der Waals surface area contributed by atoms with Crippen LogP contribution in [0.15, 0.2) is 58.1 Å². The van der Waals surface area contributed by atoms with Gasteiger partial charge < -0.3 is 9.30 Å². The number of halogens is 1. The van der Waals surface area contributed by atoms with E-state index in [0.717, 1.165) is 56.4 Å². The lowest BCUT2D eigenvalue weighted by Crippen LogP contribution is -2.35. The summed E-state index contributed by atoms with van der Waals surface area (Å²) >= 11 is 7.60. The molecule has 6 rings (SSSR count). The molecule has 0 unspecified atom stereocenters. The van der Waals surface area contributed by atoms with Crippen molar-refractivity contribution >= 4 is 62.3 Å². The monoisotopic (exact) mass is 559 g/mol. The van der Waals surface area contributed by atoms with E-state index in [9.17, 15) is 4.79 Å². The minimum Gasteiger partial charge on any atom is -0.492 e. The van der Waals surface area contributed by atoms with Crippen molar-refractivity contribution in [2.24, 2.45) is 16.0 Å². The number of thioether (sulfide) groups is 1. The van der Waals surface area contributed by atoms with Gasteiger partial charge in [-0.3, -0.25) is 10.2 Å². The summed E-state index contributed by atoms with van der Waals surface area (Å²) in [4.78, 5) is 17.5. The third-order valence-corrected chi connectivity index (χ3v) is 9.20. The summed E-state index contributed by atoms with van der Waals surface area (Å²) in [6, 6.07) is 13.8. The second-order valence-corrected chi connectivity index (χ2v) is 11.6. The van der Waals surface area contributed by atoms with Crippen LogP contribution in [0.5, 0.6) is 5.75 Å². The SMILES string of the molecule is Cc1cc(OCCn2c(C)c(/C=C3/C(=N)N4N=C(C5CCCCC5)SC4=NC3=O)c3ccccc32)ccc1Cl. The molecule has 1 amide bonds. The zero-order valence-electron chi connectivity index (χ0n) is 22.0. The molecule has 0 atom stereocenters. The number of hydrogen-bond donors (Lipinski definition) is 1. The molecule has 3 aliphatic rings. The molecule has 2 aromatic carbocycles. The molecular weight excluding hydrogens is 530 g/mol. The average molecular weight is 560 g/mol. The highest BCUT2D eigenvalue weighted by atomic mass is 35.5. The Kier molecular flexibility index (Phi) is 7.08. The fraction of sp³-hybridized carbons (Fsp3) is 0.333. The Balaban J connectivity index is 1.28. The largest absolute Gasteiger partial charge is 0.492 e. The fourth-order valence-corrected chi connectivity index (χ4v) is 6.73. The maximum Gasteiger partial charge on any atom is 0.283 e. The molecule has 39 heavy (non-hydrogen) atoms. The number of hydrazone groups is 1. The second kappa shape index (κ2) is 10.7. The van der Waals surface area contributed by atoms with Gasteiger partial charge in [-0.25, -0.2) is 0 Å². The van der Waals surface area contributed by atoms with Gasteiger partial charge >= 0.3 is 0 Å². The molecule has 0 spiro atoms. The van der Waals surface area contributed by atoms with Crippen LogP contribution in [0.25, 0.3) is 17.0 Å².